The van der Waals surface area contributed by atoms with Gasteiger partial charge in [-0.25, -0.2) is 4.79 Å². The lowest BCUT2D eigenvalue weighted by Crippen LogP contribution is -2.37. The summed E-state index contributed by atoms with van der Waals surface area (Å²) in [6, 6.07) is 5.19. The summed E-state index contributed by atoms with van der Waals surface area (Å²) >= 11 is 0. The summed E-state index contributed by atoms with van der Waals surface area (Å²) in [7, 11) is 0. The molecule has 0 saturated heterocycles. The molecule has 7 heteroatoms. The number of carboxylic acids is 1. The van der Waals surface area contributed by atoms with Crippen LogP contribution >= 0.6 is 0 Å². The Hall–Kier alpha value is -2.83. The number of benzene rings is 1. The van der Waals surface area contributed by atoms with E-state index in [1.54, 1.807) is 19.1 Å². The van der Waals surface area contributed by atoms with Crippen molar-refractivity contribution >= 4 is 22.8 Å². The Morgan fingerprint density at radius 1 is 1.32 bits per heavy atom. The molecule has 1 aromatic carbocycles. The van der Waals surface area contributed by atoms with Gasteiger partial charge in [0, 0.05) is 23.6 Å². The van der Waals surface area contributed by atoms with E-state index < -0.39 is 18.0 Å². The molecule has 2 aromatic rings. The first kappa shape index (κ1) is 17.0. The van der Waals surface area contributed by atoms with Crippen molar-refractivity contribution < 1.29 is 23.8 Å². The molecule has 2 N–H and O–H groups in total. The minimum atomic E-state index is -0.981. The standard InChI is InChI=1S/C18H19NO6/c1-10(17(22)19-8-7-16(20)21)24-11-5-6-13-12-3-2-4-14(12)18(23)25-15(13)9-11/h5-6,9-10H,2-4,7-8H2,1H3,(H,19,22)(H,20,21)/t10-/m0/s1. The van der Waals surface area contributed by atoms with Gasteiger partial charge in [0.15, 0.2) is 6.10 Å². The van der Waals surface area contributed by atoms with Crippen molar-refractivity contribution in [2.24, 2.45) is 0 Å². The van der Waals surface area contributed by atoms with Gasteiger partial charge in [-0.15, -0.1) is 0 Å². The van der Waals surface area contributed by atoms with Crippen LogP contribution in [0.3, 0.4) is 0 Å². The molecule has 0 unspecified atom stereocenters. The molecule has 0 radical (unpaired) electrons. The number of fused-ring (bicyclic) bond motifs is 3. The van der Waals surface area contributed by atoms with Gasteiger partial charge >= 0.3 is 11.6 Å². The first-order chi connectivity index (χ1) is 12.0. The summed E-state index contributed by atoms with van der Waals surface area (Å²) in [6.07, 6.45) is 1.61. The highest BCUT2D eigenvalue weighted by molar-refractivity contribution is 5.84. The summed E-state index contributed by atoms with van der Waals surface area (Å²) in [6.45, 7) is 1.61. The molecule has 1 amide bonds. The van der Waals surface area contributed by atoms with Crippen molar-refractivity contribution in [1.29, 1.82) is 0 Å². The van der Waals surface area contributed by atoms with Crippen LogP contribution in [0.25, 0.3) is 11.0 Å². The predicted molar refractivity (Wildman–Crippen MR) is 89.9 cm³/mol. The number of aliphatic carboxylic acids is 1. The number of carbonyl (C=O) groups excluding carboxylic acids is 1. The zero-order valence-electron chi connectivity index (χ0n) is 13.8. The van der Waals surface area contributed by atoms with Gasteiger partial charge in [-0.1, -0.05) is 0 Å². The second-order valence-corrected chi connectivity index (χ2v) is 6.05. The maximum absolute atomic E-state index is 12.0. The van der Waals surface area contributed by atoms with Gasteiger partial charge in [-0.2, -0.15) is 0 Å². The van der Waals surface area contributed by atoms with Crippen LogP contribution in [0.2, 0.25) is 0 Å². The molecule has 0 fully saturated rings. The fraction of sp³-hybridized carbons (Fsp3) is 0.389. The number of amides is 1. The van der Waals surface area contributed by atoms with Crippen molar-refractivity contribution in [3.8, 4) is 5.75 Å². The van der Waals surface area contributed by atoms with Crippen molar-refractivity contribution in [1.82, 2.24) is 5.32 Å². The van der Waals surface area contributed by atoms with Gasteiger partial charge in [-0.05, 0) is 43.9 Å². The SMILES string of the molecule is C[C@H](Oc1ccc2c3c(c(=O)oc2c1)CCC3)C(=O)NCCC(=O)O. The Kier molecular flexibility index (Phi) is 4.74. The number of carbonyl (C=O) groups is 2. The van der Waals surface area contributed by atoms with Crippen LogP contribution in [-0.4, -0.2) is 29.6 Å². The molecule has 3 rings (SSSR count). The second-order valence-electron chi connectivity index (χ2n) is 6.05. The molecule has 0 saturated carbocycles. The highest BCUT2D eigenvalue weighted by atomic mass is 16.5. The van der Waals surface area contributed by atoms with E-state index in [4.69, 9.17) is 14.3 Å². The molecule has 1 atom stereocenters. The van der Waals surface area contributed by atoms with E-state index in [2.05, 4.69) is 5.32 Å². The van der Waals surface area contributed by atoms with Crippen molar-refractivity contribution in [2.45, 2.75) is 38.7 Å². The molecule has 1 aromatic heterocycles. The van der Waals surface area contributed by atoms with Crippen LogP contribution in [0.5, 0.6) is 5.75 Å². The van der Waals surface area contributed by atoms with Crippen molar-refractivity contribution in [3.05, 3.63) is 39.7 Å². The summed E-state index contributed by atoms with van der Waals surface area (Å²) in [5.41, 5.74) is 1.93. The Morgan fingerprint density at radius 2 is 2.08 bits per heavy atom. The molecule has 0 spiro atoms. The first-order valence-electron chi connectivity index (χ1n) is 8.20. The summed E-state index contributed by atoms with van der Waals surface area (Å²) in [5.74, 6) is -0.975. The zero-order chi connectivity index (χ0) is 18.0. The van der Waals surface area contributed by atoms with Crippen LogP contribution in [0.15, 0.2) is 27.4 Å². The predicted octanol–water partition coefficient (Wildman–Crippen LogP) is 1.64. The fourth-order valence-corrected chi connectivity index (χ4v) is 3.03. The first-order valence-corrected chi connectivity index (χ1v) is 8.20. The normalized spacial score (nSPS) is 14.1. The van der Waals surface area contributed by atoms with E-state index in [0.29, 0.717) is 11.3 Å². The van der Waals surface area contributed by atoms with Crippen LogP contribution in [-0.2, 0) is 22.4 Å². The number of rotatable bonds is 6. The Labute approximate surface area is 143 Å². The van der Waals surface area contributed by atoms with Gasteiger partial charge in [0.05, 0.1) is 6.42 Å². The number of hydrogen-bond donors (Lipinski definition) is 2. The third-order valence-electron chi connectivity index (χ3n) is 4.27. The van der Waals surface area contributed by atoms with E-state index in [0.717, 1.165) is 35.8 Å². The van der Waals surface area contributed by atoms with Crippen LogP contribution in [0.1, 0.15) is 30.9 Å². The quantitative estimate of drug-likeness (QED) is 0.771. The molecular weight excluding hydrogens is 326 g/mol. The molecule has 7 nitrogen and oxygen atoms in total. The monoisotopic (exact) mass is 345 g/mol. The minimum Gasteiger partial charge on any atom is -0.481 e. The van der Waals surface area contributed by atoms with Gasteiger partial charge in [0.1, 0.15) is 11.3 Å². The number of ether oxygens (including phenoxy) is 1. The maximum Gasteiger partial charge on any atom is 0.339 e. The summed E-state index contributed by atoms with van der Waals surface area (Å²) < 4.78 is 11.0. The van der Waals surface area contributed by atoms with E-state index in [1.807, 2.05) is 6.07 Å². The molecule has 0 bridgehead atoms. The Bertz CT molecular complexity index is 885. The lowest BCUT2D eigenvalue weighted by atomic mass is 10.1. The van der Waals surface area contributed by atoms with E-state index >= 15 is 0 Å². The molecule has 1 aliphatic rings. The maximum atomic E-state index is 12.0. The Balaban J connectivity index is 1.74. The fourth-order valence-electron chi connectivity index (χ4n) is 3.03. The molecule has 132 valence electrons. The van der Waals surface area contributed by atoms with E-state index in [1.165, 1.54) is 0 Å². The van der Waals surface area contributed by atoms with Crippen LogP contribution in [0, 0.1) is 0 Å². The average Bonchev–Trinajstić information content (AvgIpc) is 3.04. The van der Waals surface area contributed by atoms with Gasteiger partial charge in [-0.3, -0.25) is 9.59 Å². The molecular formula is C18H19NO6. The lowest BCUT2D eigenvalue weighted by molar-refractivity contribution is -0.137. The van der Waals surface area contributed by atoms with Gasteiger partial charge in [0.25, 0.3) is 5.91 Å². The largest absolute Gasteiger partial charge is 0.481 e. The molecule has 25 heavy (non-hydrogen) atoms. The van der Waals surface area contributed by atoms with Crippen LogP contribution < -0.4 is 15.7 Å². The van der Waals surface area contributed by atoms with Crippen molar-refractivity contribution in [3.63, 3.8) is 0 Å². The topological polar surface area (TPSA) is 106 Å². The highest BCUT2D eigenvalue weighted by Crippen LogP contribution is 2.29. The van der Waals surface area contributed by atoms with Gasteiger partial charge < -0.3 is 19.6 Å². The van der Waals surface area contributed by atoms with Gasteiger partial charge in [0.2, 0.25) is 0 Å². The lowest BCUT2D eigenvalue weighted by Gasteiger charge is -2.15. The number of carboxylic acid groups (broad SMARTS) is 1. The zero-order valence-corrected chi connectivity index (χ0v) is 13.8. The third-order valence-corrected chi connectivity index (χ3v) is 4.27. The smallest absolute Gasteiger partial charge is 0.339 e. The third kappa shape index (κ3) is 3.65. The van der Waals surface area contributed by atoms with E-state index in [9.17, 15) is 14.4 Å². The molecule has 0 aliphatic heterocycles. The summed E-state index contributed by atoms with van der Waals surface area (Å²) in [5, 5.41) is 12.0. The summed E-state index contributed by atoms with van der Waals surface area (Å²) in [4.78, 5) is 34.4. The molecule has 1 heterocycles. The minimum absolute atomic E-state index is 0.0423. The Morgan fingerprint density at radius 3 is 2.84 bits per heavy atom. The molecule has 1 aliphatic carbocycles. The number of nitrogens with one attached hydrogen (secondary N) is 1. The van der Waals surface area contributed by atoms with E-state index in [-0.39, 0.29) is 18.6 Å². The average molecular weight is 345 g/mol. The number of hydrogen-bond acceptors (Lipinski definition) is 5. The van der Waals surface area contributed by atoms with Crippen LogP contribution in [0.4, 0.5) is 0 Å². The second kappa shape index (κ2) is 6.96. The highest BCUT2D eigenvalue weighted by Gasteiger charge is 2.20. The van der Waals surface area contributed by atoms with Crippen molar-refractivity contribution in [2.75, 3.05) is 6.54 Å². The number of aryl methyl sites for hydroxylation is 1.